The van der Waals surface area contributed by atoms with Gasteiger partial charge in [-0.25, -0.2) is 4.39 Å². The van der Waals surface area contributed by atoms with E-state index in [1.54, 1.807) is 13.0 Å². The van der Waals surface area contributed by atoms with Crippen molar-refractivity contribution < 1.29 is 9.50 Å². The van der Waals surface area contributed by atoms with Gasteiger partial charge in [0, 0.05) is 5.56 Å². The van der Waals surface area contributed by atoms with E-state index in [0.29, 0.717) is 5.56 Å². The molecule has 0 heterocycles. The minimum atomic E-state index is -0.773. The van der Waals surface area contributed by atoms with E-state index in [0.717, 1.165) is 11.1 Å². The van der Waals surface area contributed by atoms with Gasteiger partial charge in [-0.15, -0.1) is 0 Å². The molecule has 1 nitrogen and oxygen atoms in total. The molecule has 0 saturated carbocycles. The smallest absolute Gasteiger partial charge is 0.129 e. The van der Waals surface area contributed by atoms with Gasteiger partial charge in [-0.1, -0.05) is 42.5 Å². The van der Waals surface area contributed by atoms with Crippen molar-refractivity contribution in [1.29, 1.82) is 0 Å². The van der Waals surface area contributed by atoms with Gasteiger partial charge in [-0.3, -0.25) is 0 Å². The summed E-state index contributed by atoms with van der Waals surface area (Å²) in [4.78, 5) is 0. The van der Waals surface area contributed by atoms with Crippen molar-refractivity contribution in [3.63, 3.8) is 0 Å². The number of aliphatic hydroxyl groups is 1. The fourth-order valence-electron chi connectivity index (χ4n) is 1.68. The van der Waals surface area contributed by atoms with Gasteiger partial charge in [-0.2, -0.15) is 0 Å². The molecule has 0 radical (unpaired) electrons. The first kappa shape index (κ1) is 10.8. The number of halogens is 1. The molecule has 2 heteroatoms. The Morgan fingerprint density at radius 3 is 2.25 bits per heavy atom. The first-order valence-electron chi connectivity index (χ1n) is 5.21. The Labute approximate surface area is 94.2 Å². The molecule has 2 aromatic rings. The first-order chi connectivity index (χ1) is 7.68. The summed E-state index contributed by atoms with van der Waals surface area (Å²) in [5.41, 5.74) is 2.13. The average molecular weight is 216 g/mol. The second-order valence-corrected chi connectivity index (χ2v) is 3.78. The van der Waals surface area contributed by atoms with Crippen LogP contribution in [0.2, 0.25) is 0 Å². The summed E-state index contributed by atoms with van der Waals surface area (Å²) < 4.78 is 13.6. The molecule has 1 N–H and O–H groups in total. The molecule has 2 aromatic carbocycles. The summed E-state index contributed by atoms with van der Waals surface area (Å²) in [6, 6.07) is 14.5. The molecule has 2 rings (SSSR count). The average Bonchev–Trinajstić information content (AvgIpc) is 2.29. The van der Waals surface area contributed by atoms with Gasteiger partial charge >= 0.3 is 0 Å². The number of hydrogen-bond acceptors (Lipinski definition) is 1. The molecule has 0 bridgehead atoms. The number of aliphatic hydroxyl groups excluding tert-OH is 1. The second kappa shape index (κ2) is 4.45. The van der Waals surface area contributed by atoms with Crippen molar-refractivity contribution in [2.75, 3.05) is 0 Å². The van der Waals surface area contributed by atoms with Crippen LogP contribution in [0.25, 0.3) is 11.1 Å². The van der Waals surface area contributed by atoms with Gasteiger partial charge in [0.2, 0.25) is 0 Å². The maximum absolute atomic E-state index is 13.6. The summed E-state index contributed by atoms with van der Waals surface area (Å²) in [7, 11) is 0. The van der Waals surface area contributed by atoms with Crippen LogP contribution < -0.4 is 0 Å². The van der Waals surface area contributed by atoms with Crippen LogP contribution in [-0.4, -0.2) is 5.11 Å². The molecule has 0 spiro atoms. The van der Waals surface area contributed by atoms with Gasteiger partial charge in [0.1, 0.15) is 5.82 Å². The van der Waals surface area contributed by atoms with Crippen molar-refractivity contribution in [3.05, 3.63) is 59.9 Å². The fourth-order valence-corrected chi connectivity index (χ4v) is 1.68. The van der Waals surface area contributed by atoms with Gasteiger partial charge in [0.05, 0.1) is 6.10 Å². The van der Waals surface area contributed by atoms with E-state index in [-0.39, 0.29) is 5.82 Å². The van der Waals surface area contributed by atoms with Gasteiger partial charge in [0.25, 0.3) is 0 Å². The zero-order chi connectivity index (χ0) is 11.5. The maximum Gasteiger partial charge on any atom is 0.129 e. The molecule has 0 amide bonds. The number of hydrogen-bond donors (Lipinski definition) is 1. The van der Waals surface area contributed by atoms with Gasteiger partial charge in [-0.05, 0) is 24.1 Å². The van der Waals surface area contributed by atoms with Crippen LogP contribution in [-0.2, 0) is 0 Å². The van der Waals surface area contributed by atoms with E-state index in [9.17, 15) is 9.50 Å². The Kier molecular flexibility index (Phi) is 3.02. The molecule has 16 heavy (non-hydrogen) atoms. The lowest BCUT2D eigenvalue weighted by Gasteiger charge is -2.08. The van der Waals surface area contributed by atoms with Crippen LogP contribution in [0, 0.1) is 5.82 Å². The SMILES string of the molecule is CC(O)c1ccc(-c2ccccc2)cc1F. The van der Waals surface area contributed by atoms with E-state index in [1.165, 1.54) is 6.07 Å². The Morgan fingerprint density at radius 2 is 1.69 bits per heavy atom. The first-order valence-corrected chi connectivity index (χ1v) is 5.21. The zero-order valence-corrected chi connectivity index (χ0v) is 9.02. The van der Waals surface area contributed by atoms with Crippen molar-refractivity contribution >= 4 is 0 Å². The van der Waals surface area contributed by atoms with Crippen LogP contribution >= 0.6 is 0 Å². The highest BCUT2D eigenvalue weighted by molar-refractivity contribution is 5.63. The van der Waals surface area contributed by atoms with Crippen LogP contribution in [0.3, 0.4) is 0 Å². The highest BCUT2D eigenvalue weighted by Crippen LogP contribution is 2.24. The predicted molar refractivity (Wildman–Crippen MR) is 62.5 cm³/mol. The number of benzene rings is 2. The summed E-state index contributed by atoms with van der Waals surface area (Å²) in [5.74, 6) is -0.364. The molecule has 0 aliphatic heterocycles. The highest BCUT2D eigenvalue weighted by Gasteiger charge is 2.08. The summed E-state index contributed by atoms with van der Waals surface area (Å²) in [5, 5.41) is 9.33. The topological polar surface area (TPSA) is 20.2 Å². The molecule has 0 fully saturated rings. The Bertz CT molecular complexity index is 477. The molecule has 0 aliphatic rings. The summed E-state index contributed by atoms with van der Waals surface area (Å²) >= 11 is 0. The van der Waals surface area contributed by atoms with Crippen molar-refractivity contribution in [2.24, 2.45) is 0 Å². The minimum Gasteiger partial charge on any atom is -0.389 e. The highest BCUT2D eigenvalue weighted by atomic mass is 19.1. The zero-order valence-electron chi connectivity index (χ0n) is 9.02. The van der Waals surface area contributed by atoms with Crippen LogP contribution in [0.4, 0.5) is 4.39 Å². The van der Waals surface area contributed by atoms with E-state index < -0.39 is 6.10 Å². The predicted octanol–water partition coefficient (Wildman–Crippen LogP) is 3.55. The fraction of sp³-hybridized carbons (Fsp3) is 0.143. The van der Waals surface area contributed by atoms with E-state index in [2.05, 4.69) is 0 Å². The maximum atomic E-state index is 13.6. The van der Waals surface area contributed by atoms with E-state index in [4.69, 9.17) is 0 Å². The third kappa shape index (κ3) is 2.12. The molecule has 0 saturated heterocycles. The molecular weight excluding hydrogens is 203 g/mol. The van der Waals surface area contributed by atoms with Gasteiger partial charge < -0.3 is 5.11 Å². The van der Waals surface area contributed by atoms with Crippen molar-refractivity contribution in [3.8, 4) is 11.1 Å². The Balaban J connectivity index is 2.43. The minimum absolute atomic E-state index is 0.333. The third-order valence-corrected chi connectivity index (χ3v) is 2.56. The van der Waals surface area contributed by atoms with Crippen LogP contribution in [0.5, 0.6) is 0 Å². The third-order valence-electron chi connectivity index (χ3n) is 2.56. The van der Waals surface area contributed by atoms with Crippen molar-refractivity contribution in [2.45, 2.75) is 13.0 Å². The monoisotopic (exact) mass is 216 g/mol. The molecule has 1 unspecified atom stereocenters. The molecule has 82 valence electrons. The van der Waals surface area contributed by atoms with Gasteiger partial charge in [0.15, 0.2) is 0 Å². The molecule has 1 atom stereocenters. The lowest BCUT2D eigenvalue weighted by atomic mass is 10.0. The van der Waals surface area contributed by atoms with E-state index >= 15 is 0 Å². The van der Waals surface area contributed by atoms with E-state index in [1.807, 2.05) is 36.4 Å². The Morgan fingerprint density at radius 1 is 1.00 bits per heavy atom. The Hall–Kier alpha value is -1.67. The standard InChI is InChI=1S/C14H13FO/c1-10(16)13-8-7-12(9-14(13)15)11-5-3-2-4-6-11/h2-10,16H,1H3. The summed E-state index contributed by atoms with van der Waals surface area (Å²) in [6.07, 6.45) is -0.773. The quantitative estimate of drug-likeness (QED) is 0.814. The number of rotatable bonds is 2. The van der Waals surface area contributed by atoms with Crippen LogP contribution in [0.1, 0.15) is 18.6 Å². The molecular formula is C14H13FO. The normalized spacial score (nSPS) is 12.4. The molecule has 0 aromatic heterocycles. The van der Waals surface area contributed by atoms with Crippen LogP contribution in [0.15, 0.2) is 48.5 Å². The lowest BCUT2D eigenvalue weighted by molar-refractivity contribution is 0.194. The lowest BCUT2D eigenvalue weighted by Crippen LogP contribution is -1.95. The largest absolute Gasteiger partial charge is 0.389 e. The molecule has 0 aliphatic carbocycles. The van der Waals surface area contributed by atoms with Crippen molar-refractivity contribution in [1.82, 2.24) is 0 Å². The summed E-state index contributed by atoms with van der Waals surface area (Å²) in [6.45, 7) is 1.56. The second-order valence-electron chi connectivity index (χ2n) is 3.78.